The number of carbonyl (C=O) groups excluding carboxylic acids is 1. The standard InChI is InChI=1S/C17H25NO3/c1-12-7-13(2)11-18(10-12)17(19)9-14-5-6-15(20-3)16(8-14)21-4/h5-6,8,12-13H,7,9-11H2,1-4H3/t12-,13+. The summed E-state index contributed by atoms with van der Waals surface area (Å²) in [7, 11) is 3.22. The van der Waals surface area contributed by atoms with Crippen molar-refractivity contribution in [2.45, 2.75) is 26.7 Å². The smallest absolute Gasteiger partial charge is 0.227 e. The second-order valence-electron chi connectivity index (χ2n) is 6.11. The minimum atomic E-state index is 0.195. The molecule has 1 aliphatic heterocycles. The molecule has 2 rings (SSSR count). The number of rotatable bonds is 4. The fraction of sp³-hybridized carbons (Fsp3) is 0.588. The van der Waals surface area contributed by atoms with Gasteiger partial charge in [0.25, 0.3) is 0 Å². The topological polar surface area (TPSA) is 38.8 Å². The Bertz CT molecular complexity index is 491. The maximum atomic E-state index is 12.5. The number of amides is 1. The van der Waals surface area contributed by atoms with Crippen LogP contribution in [0.25, 0.3) is 0 Å². The van der Waals surface area contributed by atoms with E-state index in [2.05, 4.69) is 13.8 Å². The van der Waals surface area contributed by atoms with Crippen LogP contribution in [0, 0.1) is 11.8 Å². The molecule has 2 atom stereocenters. The Hall–Kier alpha value is -1.71. The molecule has 1 aromatic carbocycles. The first-order valence-electron chi connectivity index (χ1n) is 7.52. The van der Waals surface area contributed by atoms with Gasteiger partial charge in [-0.15, -0.1) is 0 Å². The van der Waals surface area contributed by atoms with Gasteiger partial charge in [-0.05, 0) is 36.0 Å². The van der Waals surface area contributed by atoms with Crippen molar-refractivity contribution in [3.8, 4) is 11.5 Å². The highest BCUT2D eigenvalue weighted by molar-refractivity contribution is 5.79. The van der Waals surface area contributed by atoms with Gasteiger partial charge >= 0.3 is 0 Å². The normalized spacial score (nSPS) is 22.0. The summed E-state index contributed by atoms with van der Waals surface area (Å²) in [6, 6.07) is 5.66. The first-order valence-corrected chi connectivity index (χ1v) is 7.52. The van der Waals surface area contributed by atoms with Crippen molar-refractivity contribution in [2.75, 3.05) is 27.3 Å². The quantitative estimate of drug-likeness (QED) is 0.856. The lowest BCUT2D eigenvalue weighted by molar-refractivity contribution is -0.133. The maximum Gasteiger partial charge on any atom is 0.227 e. The van der Waals surface area contributed by atoms with Gasteiger partial charge in [-0.25, -0.2) is 0 Å². The van der Waals surface area contributed by atoms with Crippen LogP contribution in [-0.2, 0) is 11.2 Å². The van der Waals surface area contributed by atoms with E-state index in [1.54, 1.807) is 14.2 Å². The third-order valence-corrected chi connectivity index (χ3v) is 4.02. The predicted molar refractivity (Wildman–Crippen MR) is 82.8 cm³/mol. The number of hydrogen-bond acceptors (Lipinski definition) is 3. The molecule has 0 spiro atoms. The lowest BCUT2D eigenvalue weighted by atomic mass is 9.91. The molecule has 4 heteroatoms. The lowest BCUT2D eigenvalue weighted by Crippen LogP contribution is -2.43. The summed E-state index contributed by atoms with van der Waals surface area (Å²) in [5, 5.41) is 0. The second-order valence-corrected chi connectivity index (χ2v) is 6.11. The van der Waals surface area contributed by atoms with E-state index in [-0.39, 0.29) is 5.91 Å². The van der Waals surface area contributed by atoms with Crippen molar-refractivity contribution < 1.29 is 14.3 Å². The third kappa shape index (κ3) is 3.90. The molecular formula is C17H25NO3. The largest absolute Gasteiger partial charge is 0.493 e. The van der Waals surface area contributed by atoms with Gasteiger partial charge in [-0.3, -0.25) is 4.79 Å². The van der Waals surface area contributed by atoms with Crippen LogP contribution in [0.15, 0.2) is 18.2 Å². The van der Waals surface area contributed by atoms with Gasteiger partial charge < -0.3 is 14.4 Å². The molecule has 1 aromatic rings. The molecule has 1 amide bonds. The molecule has 1 fully saturated rings. The third-order valence-electron chi connectivity index (χ3n) is 4.02. The lowest BCUT2D eigenvalue weighted by Gasteiger charge is -2.35. The van der Waals surface area contributed by atoms with E-state index in [0.29, 0.717) is 29.8 Å². The summed E-state index contributed by atoms with van der Waals surface area (Å²) >= 11 is 0. The highest BCUT2D eigenvalue weighted by Gasteiger charge is 2.25. The van der Waals surface area contributed by atoms with Gasteiger partial charge in [-0.2, -0.15) is 0 Å². The number of piperidine rings is 1. The van der Waals surface area contributed by atoms with Crippen LogP contribution >= 0.6 is 0 Å². The first-order chi connectivity index (χ1) is 10.0. The minimum Gasteiger partial charge on any atom is -0.493 e. The summed E-state index contributed by atoms with van der Waals surface area (Å²) in [5.74, 6) is 2.73. The van der Waals surface area contributed by atoms with Crippen molar-refractivity contribution in [2.24, 2.45) is 11.8 Å². The average Bonchev–Trinajstić information content (AvgIpc) is 2.46. The van der Waals surface area contributed by atoms with Crippen LogP contribution in [0.1, 0.15) is 25.8 Å². The van der Waals surface area contributed by atoms with E-state index in [1.807, 2.05) is 23.1 Å². The minimum absolute atomic E-state index is 0.195. The van der Waals surface area contributed by atoms with Gasteiger partial charge in [0, 0.05) is 13.1 Å². The summed E-state index contributed by atoms with van der Waals surface area (Å²) in [5.41, 5.74) is 0.962. The SMILES string of the molecule is COc1ccc(CC(=O)N2C[C@H](C)C[C@H](C)C2)cc1OC. The molecule has 0 saturated carbocycles. The molecule has 21 heavy (non-hydrogen) atoms. The molecule has 0 unspecified atom stereocenters. The highest BCUT2D eigenvalue weighted by Crippen LogP contribution is 2.28. The maximum absolute atomic E-state index is 12.5. The Kier molecular flexibility index (Phi) is 5.10. The summed E-state index contributed by atoms with van der Waals surface area (Å²) in [6.07, 6.45) is 1.62. The number of nitrogens with zero attached hydrogens (tertiary/aromatic N) is 1. The van der Waals surface area contributed by atoms with Crippen molar-refractivity contribution in [3.05, 3.63) is 23.8 Å². The van der Waals surface area contributed by atoms with Gasteiger partial charge in [0.1, 0.15) is 0 Å². The Labute approximate surface area is 127 Å². The van der Waals surface area contributed by atoms with Crippen molar-refractivity contribution in [1.29, 1.82) is 0 Å². The van der Waals surface area contributed by atoms with Crippen molar-refractivity contribution in [1.82, 2.24) is 4.90 Å². The molecule has 1 saturated heterocycles. The molecule has 0 bridgehead atoms. The first kappa shape index (κ1) is 15.7. The molecule has 0 aromatic heterocycles. The van der Waals surface area contributed by atoms with E-state index in [1.165, 1.54) is 6.42 Å². The number of hydrogen-bond donors (Lipinski definition) is 0. The zero-order valence-corrected chi connectivity index (χ0v) is 13.4. The molecular weight excluding hydrogens is 266 g/mol. The monoisotopic (exact) mass is 291 g/mol. The van der Waals surface area contributed by atoms with Crippen LogP contribution in [0.4, 0.5) is 0 Å². The fourth-order valence-electron chi connectivity index (χ4n) is 3.14. The molecule has 0 N–H and O–H groups in total. The van der Waals surface area contributed by atoms with Gasteiger partial charge in [0.15, 0.2) is 11.5 Å². The number of methoxy groups -OCH3 is 2. The zero-order chi connectivity index (χ0) is 15.4. The van der Waals surface area contributed by atoms with Crippen molar-refractivity contribution >= 4 is 5.91 Å². The zero-order valence-electron chi connectivity index (χ0n) is 13.4. The van der Waals surface area contributed by atoms with E-state index < -0.39 is 0 Å². The fourth-order valence-corrected chi connectivity index (χ4v) is 3.14. The van der Waals surface area contributed by atoms with Gasteiger partial charge in [0.05, 0.1) is 20.6 Å². The van der Waals surface area contributed by atoms with Crippen LogP contribution < -0.4 is 9.47 Å². The Morgan fingerprint density at radius 3 is 2.33 bits per heavy atom. The average molecular weight is 291 g/mol. The second kappa shape index (κ2) is 6.83. The Morgan fingerprint density at radius 1 is 1.14 bits per heavy atom. The molecule has 1 heterocycles. The highest BCUT2D eigenvalue weighted by atomic mass is 16.5. The number of likely N-dealkylation sites (tertiary alicyclic amines) is 1. The van der Waals surface area contributed by atoms with Crippen LogP contribution in [-0.4, -0.2) is 38.1 Å². The van der Waals surface area contributed by atoms with Crippen LogP contribution in [0.2, 0.25) is 0 Å². The van der Waals surface area contributed by atoms with Crippen molar-refractivity contribution in [3.63, 3.8) is 0 Å². The van der Waals surface area contributed by atoms with E-state index in [0.717, 1.165) is 18.7 Å². The summed E-state index contributed by atoms with van der Waals surface area (Å²) in [4.78, 5) is 14.5. The summed E-state index contributed by atoms with van der Waals surface area (Å²) in [6.45, 7) is 6.17. The number of benzene rings is 1. The van der Waals surface area contributed by atoms with Gasteiger partial charge in [0.2, 0.25) is 5.91 Å². The summed E-state index contributed by atoms with van der Waals surface area (Å²) < 4.78 is 10.5. The van der Waals surface area contributed by atoms with E-state index in [9.17, 15) is 4.79 Å². The molecule has 1 aliphatic rings. The van der Waals surface area contributed by atoms with E-state index in [4.69, 9.17) is 9.47 Å². The van der Waals surface area contributed by atoms with Gasteiger partial charge in [-0.1, -0.05) is 19.9 Å². The van der Waals surface area contributed by atoms with E-state index >= 15 is 0 Å². The number of ether oxygens (including phenoxy) is 2. The van der Waals surface area contributed by atoms with Crippen LogP contribution in [0.5, 0.6) is 11.5 Å². The molecule has 0 radical (unpaired) electrons. The number of carbonyl (C=O) groups is 1. The predicted octanol–water partition coefficient (Wildman–Crippen LogP) is 2.75. The molecule has 116 valence electrons. The van der Waals surface area contributed by atoms with Crippen LogP contribution in [0.3, 0.4) is 0 Å². The molecule has 0 aliphatic carbocycles. The molecule has 4 nitrogen and oxygen atoms in total. The Morgan fingerprint density at radius 2 is 1.76 bits per heavy atom. The Balaban J connectivity index is 2.05.